The van der Waals surface area contributed by atoms with E-state index in [1.54, 1.807) is 13.8 Å². The molecule has 29 heteroatoms. The summed E-state index contributed by atoms with van der Waals surface area (Å²) in [6.07, 6.45) is -12.7. The third-order valence-corrected chi connectivity index (χ3v) is 13.2. The molecule has 27 nitrogen and oxygen atoms in total. The molecule has 0 radical (unpaired) electrons. The van der Waals surface area contributed by atoms with E-state index in [2.05, 4.69) is 10.6 Å². The first-order valence-electron chi connectivity index (χ1n) is 22.5. The molecule has 0 aromatic rings. The number of carbonyl (C=O) groups is 4. The molecule has 0 bridgehead atoms. The molecule has 16 atom stereocenters. The van der Waals surface area contributed by atoms with Crippen LogP contribution in [0.15, 0.2) is 0 Å². The summed E-state index contributed by atoms with van der Waals surface area (Å²) in [5.41, 5.74) is 0. The first-order valence-corrected chi connectivity index (χ1v) is 25.5. The molecule has 4 fully saturated rings. The van der Waals surface area contributed by atoms with E-state index in [0.29, 0.717) is 12.8 Å². The van der Waals surface area contributed by atoms with Gasteiger partial charge >= 0.3 is 0 Å². The fourth-order valence-corrected chi connectivity index (χ4v) is 9.84. The van der Waals surface area contributed by atoms with Gasteiger partial charge in [0.1, 0.15) is 48.7 Å². The Hall–Kier alpha value is -2.34. The molecule has 10 unspecified atom stereocenters. The van der Waals surface area contributed by atoms with Crippen LogP contribution >= 0.6 is 15.6 Å². The molecule has 4 aliphatic rings. The lowest BCUT2D eigenvalue weighted by Crippen LogP contribution is -2.64. The summed E-state index contributed by atoms with van der Waals surface area (Å²) in [5, 5.41) is 65.4. The molecule has 4 aliphatic heterocycles. The Morgan fingerprint density at radius 2 is 1.12 bits per heavy atom. The number of unbranched alkanes of at least 4 members (excludes halogenated alkanes) is 2. The Balaban J connectivity index is 1.29. The van der Waals surface area contributed by atoms with Crippen LogP contribution < -0.4 is 20.4 Å². The number of aliphatic hydroxyl groups is 6. The zero-order valence-electron chi connectivity index (χ0n) is 38.4. The fourth-order valence-electron chi connectivity index (χ4n) is 8.38. The smallest absolute Gasteiger partial charge is 0.268 e. The average Bonchev–Trinajstić information content (AvgIpc) is 3.85. The van der Waals surface area contributed by atoms with Crippen LogP contribution in [0.4, 0.5) is 0 Å². The van der Waals surface area contributed by atoms with Crippen molar-refractivity contribution in [3.05, 3.63) is 0 Å². The summed E-state index contributed by atoms with van der Waals surface area (Å²) >= 11 is 0. The number of phosphoric ester groups is 2. The molecule has 0 aromatic carbocycles. The highest BCUT2D eigenvalue weighted by atomic mass is 31.2. The minimum atomic E-state index is -5.27. The van der Waals surface area contributed by atoms with Crippen molar-refractivity contribution in [3.63, 3.8) is 0 Å². The third kappa shape index (κ3) is 17.8. The summed E-state index contributed by atoms with van der Waals surface area (Å²) in [6.45, 7) is 3.52. The van der Waals surface area contributed by atoms with Crippen LogP contribution in [-0.2, 0) is 65.6 Å². The molecule has 4 heterocycles. The summed E-state index contributed by atoms with van der Waals surface area (Å²) in [6, 6.07) is -3.94. The molecular formula is C39H68N4O23P2-2. The predicted octanol–water partition coefficient (Wildman–Crippen LogP) is -4.41. The first-order chi connectivity index (χ1) is 31.9. The Morgan fingerprint density at radius 3 is 1.51 bits per heavy atom. The van der Waals surface area contributed by atoms with Gasteiger partial charge in [-0.2, -0.15) is 0 Å². The Morgan fingerprint density at radius 1 is 0.691 bits per heavy atom. The number of nitrogens with zero attached hydrogens (tertiary/aromatic N) is 2. The highest BCUT2D eigenvalue weighted by molar-refractivity contribution is 7.45. The maximum atomic E-state index is 13.5. The number of rotatable bonds is 26. The Kier molecular flexibility index (Phi) is 23.1. The van der Waals surface area contributed by atoms with Gasteiger partial charge in [0.2, 0.25) is 23.6 Å². The molecule has 0 spiro atoms. The topological polar surface area (TPSA) is 395 Å². The van der Waals surface area contributed by atoms with Gasteiger partial charge in [-0.15, -0.1) is 0 Å². The van der Waals surface area contributed by atoms with E-state index in [0.717, 1.165) is 4.90 Å². The minimum absolute atomic E-state index is 0.00117. The number of carbonyl (C=O) groups excluding carboxylic acids is 4. The summed E-state index contributed by atoms with van der Waals surface area (Å²) in [4.78, 5) is 87.1. The lowest BCUT2D eigenvalue weighted by molar-refractivity contribution is -0.270. The van der Waals surface area contributed by atoms with Crippen LogP contribution in [0.1, 0.15) is 79.1 Å². The van der Waals surface area contributed by atoms with E-state index in [1.165, 1.54) is 18.7 Å². The standard InChI is InChI=1S/C39H70N4O23P2/c1-21(2)61-19-24-13-27(16-42(24)30(48)9-5-7-11-59-38-32(40-22(3)46)36(52)34(50)28(17-44)63-38)66-68(57,58)62-20-25-14-26(65-67(54,55)56)15-43(25)31(49)10-6-8-12-60-39-33(41-23(4)47)37(53)35(51)29(18-45)64-39/h21,24-29,32-39,44-45,50-53H,5-20H2,1-4H3,(H,40,46)(H,41,47)(H,57,58)(H2,54,55,56)/p-2/t24?,25?,26?,27?,28?,29?,32?,33?,34-,35-,36+,37+,38+,39+/m0/s1. The molecule has 0 saturated carbocycles. The third-order valence-electron chi connectivity index (χ3n) is 11.6. The van der Waals surface area contributed by atoms with Crippen molar-refractivity contribution < 1.29 is 111 Å². The molecule has 68 heavy (non-hydrogen) atoms. The number of hydrogen-bond donors (Lipinski definition) is 9. The highest BCUT2D eigenvalue weighted by Gasteiger charge is 2.47. The zero-order valence-corrected chi connectivity index (χ0v) is 40.2. The minimum Gasteiger partial charge on any atom is -0.756 e. The maximum absolute atomic E-state index is 13.5. The second-order valence-electron chi connectivity index (χ2n) is 17.4. The molecule has 4 amide bonds. The second kappa shape index (κ2) is 26.9. The van der Waals surface area contributed by atoms with Gasteiger partial charge in [0.05, 0.1) is 56.8 Å². The van der Waals surface area contributed by atoms with E-state index < -0.39 is 139 Å². The van der Waals surface area contributed by atoms with Crippen molar-refractivity contribution in [1.29, 1.82) is 0 Å². The van der Waals surface area contributed by atoms with Crippen LogP contribution in [0.25, 0.3) is 0 Å². The first kappa shape index (κ1) is 58.2. The van der Waals surface area contributed by atoms with E-state index in [1.807, 2.05) is 0 Å². The molecule has 4 rings (SSSR count). The highest BCUT2D eigenvalue weighted by Crippen LogP contribution is 2.44. The van der Waals surface area contributed by atoms with Gasteiger partial charge in [-0.25, -0.2) is 0 Å². The second-order valence-corrected chi connectivity index (χ2v) is 20.0. The number of amides is 4. The van der Waals surface area contributed by atoms with Crippen molar-refractivity contribution in [2.24, 2.45) is 0 Å². The number of likely N-dealkylation sites (tertiary alicyclic amines) is 2. The Bertz CT molecular complexity index is 1730. The summed E-state index contributed by atoms with van der Waals surface area (Å²) in [7, 11) is -10.4. The van der Waals surface area contributed by atoms with Gasteiger partial charge in [-0.3, -0.25) is 28.3 Å². The quantitative estimate of drug-likeness (QED) is 0.0292. The van der Waals surface area contributed by atoms with Crippen molar-refractivity contribution in [2.75, 3.05) is 52.7 Å². The van der Waals surface area contributed by atoms with Crippen LogP contribution in [0.2, 0.25) is 0 Å². The number of nitrogens with one attached hydrogen (secondary N) is 2. The summed E-state index contributed by atoms with van der Waals surface area (Å²) < 4.78 is 68.4. The molecule has 9 N–H and O–H groups in total. The van der Waals surface area contributed by atoms with E-state index >= 15 is 0 Å². The van der Waals surface area contributed by atoms with Gasteiger partial charge < -0.3 is 103 Å². The van der Waals surface area contributed by atoms with Crippen molar-refractivity contribution in [3.8, 4) is 0 Å². The van der Waals surface area contributed by atoms with Crippen molar-refractivity contribution in [1.82, 2.24) is 20.4 Å². The number of ether oxygens (including phenoxy) is 5. The van der Waals surface area contributed by atoms with Crippen LogP contribution in [0, 0.1) is 0 Å². The SMILES string of the molecule is CC(=O)NC1[C@H](OCCCCC(=O)N2CC(OP(=O)([O-])O)CC2COP(=O)([O-])OC2CC(COC(C)C)N(C(=O)CCCCO[C@@H]3OC(CO)[C@H](O)[C@H](O)C3NC(C)=O)C2)OC(CO)[C@H](O)[C@@H]1O. The van der Waals surface area contributed by atoms with Crippen molar-refractivity contribution >= 4 is 39.3 Å². The van der Waals surface area contributed by atoms with Crippen molar-refractivity contribution in [2.45, 2.75) is 171 Å². The van der Waals surface area contributed by atoms with Crippen LogP contribution in [0.3, 0.4) is 0 Å². The molecule has 0 aliphatic carbocycles. The monoisotopic (exact) mass is 1020 g/mol. The van der Waals surface area contributed by atoms with E-state index in [4.69, 9.17) is 37.3 Å². The number of hydrogen-bond acceptors (Lipinski definition) is 22. The molecule has 0 aromatic heterocycles. The van der Waals surface area contributed by atoms with Crippen LogP contribution in [-0.4, -0.2) is 213 Å². The average molecular weight is 1020 g/mol. The van der Waals surface area contributed by atoms with Gasteiger partial charge in [0.15, 0.2) is 12.6 Å². The zero-order chi connectivity index (χ0) is 50.5. The summed E-state index contributed by atoms with van der Waals surface area (Å²) in [5.74, 6) is -1.96. The van der Waals surface area contributed by atoms with Gasteiger partial charge in [0.25, 0.3) is 15.6 Å². The van der Waals surface area contributed by atoms with E-state index in [9.17, 15) is 73.6 Å². The van der Waals surface area contributed by atoms with Gasteiger partial charge in [-0.05, 0) is 52.4 Å². The number of aliphatic hydroxyl groups excluding tert-OH is 6. The fraction of sp³-hybridized carbons (Fsp3) is 0.897. The maximum Gasteiger partial charge on any atom is 0.268 e. The van der Waals surface area contributed by atoms with Gasteiger partial charge in [-0.1, -0.05) is 0 Å². The largest absolute Gasteiger partial charge is 0.756 e. The Labute approximate surface area is 393 Å². The van der Waals surface area contributed by atoms with E-state index in [-0.39, 0.29) is 83.4 Å². The molecular weight excluding hydrogens is 954 g/mol. The predicted molar refractivity (Wildman–Crippen MR) is 225 cm³/mol. The number of phosphoric acid groups is 2. The lowest BCUT2D eigenvalue weighted by Gasteiger charge is -2.42. The lowest BCUT2D eigenvalue weighted by atomic mass is 9.97. The molecule has 4 saturated heterocycles. The molecule has 394 valence electrons. The van der Waals surface area contributed by atoms with Crippen LogP contribution in [0.5, 0.6) is 0 Å². The van der Waals surface area contributed by atoms with Gasteiger partial charge in [0, 0.05) is 53.0 Å². The normalized spacial score (nSPS) is 33.9.